The molecule has 1 unspecified atom stereocenters. The fraction of sp³-hybridized carbons (Fsp3) is 0.417. The normalized spacial score (nSPS) is 16.2. The van der Waals surface area contributed by atoms with Gasteiger partial charge in [-0.2, -0.15) is 0 Å². The van der Waals surface area contributed by atoms with Crippen molar-refractivity contribution in [1.29, 1.82) is 0 Å². The van der Waals surface area contributed by atoms with Crippen molar-refractivity contribution in [3.63, 3.8) is 0 Å². The van der Waals surface area contributed by atoms with Crippen LogP contribution >= 0.6 is 0 Å². The zero-order valence-corrected chi connectivity index (χ0v) is 19.3. The van der Waals surface area contributed by atoms with E-state index in [1.807, 2.05) is 38.1 Å². The Morgan fingerprint density at radius 1 is 1.21 bits per heavy atom. The van der Waals surface area contributed by atoms with E-state index in [1.165, 1.54) is 0 Å². The Hall–Kier alpha value is -3.46. The summed E-state index contributed by atoms with van der Waals surface area (Å²) >= 11 is 0. The van der Waals surface area contributed by atoms with Gasteiger partial charge in [0, 0.05) is 31.4 Å². The van der Waals surface area contributed by atoms with Crippen molar-refractivity contribution in [3.05, 3.63) is 36.7 Å². The molecular weight excluding hydrogens is 424 g/mol. The van der Waals surface area contributed by atoms with Crippen molar-refractivity contribution in [2.75, 3.05) is 33.4 Å². The standard InChI is InChI=1S/C24H28N4O5/c1-15(2)33-22-11-17(5-6-21(22)30-4)19-12-20-23(26-8-7-25-20)24(27-19)32-14-18-13-28(16(3)29)9-10-31-18/h5-8,11-12,15,18H,9-10,13-14H2,1-4H3. The van der Waals surface area contributed by atoms with Gasteiger partial charge < -0.3 is 23.8 Å². The molecule has 1 fully saturated rings. The Balaban J connectivity index is 1.64. The molecule has 1 amide bonds. The van der Waals surface area contributed by atoms with Crippen LogP contribution in [0.2, 0.25) is 0 Å². The summed E-state index contributed by atoms with van der Waals surface area (Å²) in [4.78, 5) is 27.0. The molecule has 0 spiro atoms. The lowest BCUT2D eigenvalue weighted by atomic mass is 10.1. The van der Waals surface area contributed by atoms with E-state index in [1.54, 1.807) is 31.3 Å². The molecule has 33 heavy (non-hydrogen) atoms. The van der Waals surface area contributed by atoms with Crippen LogP contribution in [0, 0.1) is 0 Å². The number of amides is 1. The zero-order valence-electron chi connectivity index (χ0n) is 19.3. The van der Waals surface area contributed by atoms with E-state index in [9.17, 15) is 4.79 Å². The van der Waals surface area contributed by atoms with Gasteiger partial charge >= 0.3 is 0 Å². The quantitative estimate of drug-likeness (QED) is 0.540. The summed E-state index contributed by atoms with van der Waals surface area (Å²) in [5.74, 6) is 1.67. The minimum Gasteiger partial charge on any atom is -0.493 e. The predicted molar refractivity (Wildman–Crippen MR) is 123 cm³/mol. The Morgan fingerprint density at radius 2 is 2.03 bits per heavy atom. The molecule has 1 aromatic carbocycles. The molecule has 9 heteroatoms. The first-order chi connectivity index (χ1) is 15.9. The van der Waals surface area contributed by atoms with Gasteiger partial charge in [-0.15, -0.1) is 0 Å². The van der Waals surface area contributed by atoms with Gasteiger partial charge in [-0.05, 0) is 38.1 Å². The molecule has 9 nitrogen and oxygen atoms in total. The predicted octanol–water partition coefficient (Wildman–Crippen LogP) is 3.11. The first-order valence-electron chi connectivity index (χ1n) is 10.9. The summed E-state index contributed by atoms with van der Waals surface area (Å²) in [6.45, 7) is 7.27. The Kier molecular flexibility index (Phi) is 6.88. The lowest BCUT2D eigenvalue weighted by Crippen LogP contribution is -2.46. The number of rotatable bonds is 7. The van der Waals surface area contributed by atoms with E-state index in [0.717, 1.165) is 5.56 Å². The lowest BCUT2D eigenvalue weighted by Gasteiger charge is -2.32. The van der Waals surface area contributed by atoms with E-state index < -0.39 is 0 Å². The molecule has 174 valence electrons. The highest BCUT2D eigenvalue weighted by molar-refractivity contribution is 5.83. The number of ether oxygens (including phenoxy) is 4. The summed E-state index contributed by atoms with van der Waals surface area (Å²) in [5, 5.41) is 0. The highest BCUT2D eigenvalue weighted by Crippen LogP contribution is 2.34. The van der Waals surface area contributed by atoms with Crippen LogP contribution in [0.25, 0.3) is 22.3 Å². The van der Waals surface area contributed by atoms with Gasteiger partial charge in [0.2, 0.25) is 11.8 Å². The second kappa shape index (κ2) is 9.99. The van der Waals surface area contributed by atoms with E-state index in [-0.39, 0.29) is 24.7 Å². The second-order valence-electron chi connectivity index (χ2n) is 8.04. The van der Waals surface area contributed by atoms with E-state index in [0.29, 0.717) is 53.8 Å². The number of benzene rings is 1. The average molecular weight is 453 g/mol. The van der Waals surface area contributed by atoms with Crippen molar-refractivity contribution >= 4 is 16.9 Å². The van der Waals surface area contributed by atoms with Crippen molar-refractivity contribution in [2.24, 2.45) is 0 Å². The number of hydrogen-bond acceptors (Lipinski definition) is 8. The smallest absolute Gasteiger partial charge is 0.242 e. The Bertz CT molecular complexity index is 1140. The SMILES string of the molecule is COc1ccc(-c2cc3nccnc3c(OCC3CN(C(C)=O)CCO3)n2)cc1OC(C)C. The third kappa shape index (κ3) is 5.31. The molecule has 2 aromatic heterocycles. The van der Waals surface area contributed by atoms with Crippen molar-refractivity contribution in [2.45, 2.75) is 33.0 Å². The number of carbonyl (C=O) groups excluding carboxylic acids is 1. The van der Waals surface area contributed by atoms with Crippen molar-refractivity contribution < 1.29 is 23.7 Å². The number of methoxy groups -OCH3 is 1. The third-order valence-corrected chi connectivity index (χ3v) is 5.24. The molecule has 3 heterocycles. The largest absolute Gasteiger partial charge is 0.493 e. The molecule has 0 aliphatic carbocycles. The molecule has 1 atom stereocenters. The monoisotopic (exact) mass is 452 g/mol. The number of hydrogen-bond donors (Lipinski definition) is 0. The molecule has 0 saturated carbocycles. The molecular formula is C24H28N4O5. The molecule has 1 aliphatic rings. The summed E-state index contributed by atoms with van der Waals surface area (Å²) in [5.41, 5.74) is 2.73. The zero-order chi connectivity index (χ0) is 23.4. The van der Waals surface area contributed by atoms with Gasteiger partial charge in [-0.1, -0.05) is 0 Å². The third-order valence-electron chi connectivity index (χ3n) is 5.24. The maximum absolute atomic E-state index is 11.7. The molecule has 4 rings (SSSR count). The van der Waals surface area contributed by atoms with Crippen LogP contribution in [0.5, 0.6) is 17.4 Å². The van der Waals surface area contributed by atoms with E-state index in [2.05, 4.69) is 9.97 Å². The Labute approximate surface area is 192 Å². The fourth-order valence-electron chi connectivity index (χ4n) is 3.65. The van der Waals surface area contributed by atoms with Crippen LogP contribution in [0.4, 0.5) is 0 Å². The number of pyridine rings is 1. The molecule has 0 bridgehead atoms. The van der Waals surface area contributed by atoms with Crippen LogP contribution in [0.3, 0.4) is 0 Å². The van der Waals surface area contributed by atoms with E-state index in [4.69, 9.17) is 23.9 Å². The van der Waals surface area contributed by atoms with Gasteiger partial charge in [-0.25, -0.2) is 9.97 Å². The summed E-state index contributed by atoms with van der Waals surface area (Å²) in [6.07, 6.45) is 2.99. The molecule has 3 aromatic rings. The first-order valence-corrected chi connectivity index (χ1v) is 10.9. The molecule has 0 radical (unpaired) electrons. The van der Waals surface area contributed by atoms with Gasteiger partial charge in [0.1, 0.15) is 12.7 Å². The number of morpholine rings is 1. The summed E-state index contributed by atoms with van der Waals surface area (Å²) < 4.78 is 23.2. The minimum absolute atomic E-state index is 0.00599. The van der Waals surface area contributed by atoms with Crippen LogP contribution in [-0.2, 0) is 9.53 Å². The van der Waals surface area contributed by atoms with E-state index >= 15 is 0 Å². The number of fused-ring (bicyclic) bond motifs is 1. The van der Waals surface area contributed by atoms with Crippen molar-refractivity contribution in [1.82, 2.24) is 19.9 Å². The lowest BCUT2D eigenvalue weighted by molar-refractivity contribution is -0.137. The molecule has 1 saturated heterocycles. The Morgan fingerprint density at radius 3 is 2.79 bits per heavy atom. The fourth-order valence-corrected chi connectivity index (χ4v) is 3.65. The first kappa shape index (κ1) is 22.7. The van der Waals surface area contributed by atoms with Gasteiger partial charge in [0.05, 0.1) is 37.6 Å². The summed E-state index contributed by atoms with van der Waals surface area (Å²) in [7, 11) is 1.61. The van der Waals surface area contributed by atoms with Crippen LogP contribution in [0.15, 0.2) is 36.7 Å². The maximum Gasteiger partial charge on any atom is 0.242 e. The van der Waals surface area contributed by atoms with Gasteiger partial charge in [0.15, 0.2) is 17.0 Å². The van der Waals surface area contributed by atoms with Crippen LogP contribution in [-0.4, -0.2) is 71.4 Å². The number of carbonyl (C=O) groups is 1. The highest BCUT2D eigenvalue weighted by Gasteiger charge is 2.23. The van der Waals surface area contributed by atoms with Crippen molar-refractivity contribution in [3.8, 4) is 28.6 Å². The second-order valence-corrected chi connectivity index (χ2v) is 8.04. The number of nitrogens with zero attached hydrogens (tertiary/aromatic N) is 4. The number of aromatic nitrogens is 3. The van der Waals surface area contributed by atoms with Gasteiger partial charge in [-0.3, -0.25) is 9.78 Å². The van der Waals surface area contributed by atoms with Crippen LogP contribution < -0.4 is 14.2 Å². The minimum atomic E-state index is -0.244. The van der Waals surface area contributed by atoms with Crippen LogP contribution in [0.1, 0.15) is 20.8 Å². The molecule has 0 N–H and O–H groups in total. The maximum atomic E-state index is 11.7. The average Bonchev–Trinajstić information content (AvgIpc) is 2.82. The molecule has 1 aliphatic heterocycles. The highest BCUT2D eigenvalue weighted by atomic mass is 16.5. The van der Waals surface area contributed by atoms with Gasteiger partial charge in [0.25, 0.3) is 0 Å². The summed E-state index contributed by atoms with van der Waals surface area (Å²) in [6, 6.07) is 7.52. The topological polar surface area (TPSA) is 95.9 Å².